The summed E-state index contributed by atoms with van der Waals surface area (Å²) in [5, 5.41) is 9.50. The van der Waals surface area contributed by atoms with Gasteiger partial charge in [-0.15, -0.1) is 0 Å². The van der Waals surface area contributed by atoms with Gasteiger partial charge in [0, 0.05) is 31.1 Å². The molecule has 3 aromatic rings. The maximum Gasteiger partial charge on any atom is 0.315 e. The first-order valence-electron chi connectivity index (χ1n) is 10.8. The van der Waals surface area contributed by atoms with E-state index in [9.17, 15) is 9.59 Å². The normalized spacial score (nSPS) is 14.2. The van der Waals surface area contributed by atoms with Crippen LogP contribution in [0, 0.1) is 6.92 Å². The van der Waals surface area contributed by atoms with E-state index in [2.05, 4.69) is 20.8 Å². The number of amides is 3. The lowest BCUT2D eigenvalue weighted by atomic mass is 9.96. The first kappa shape index (κ1) is 21.5. The highest BCUT2D eigenvalue weighted by atomic mass is 16.5. The fourth-order valence-electron chi connectivity index (χ4n) is 3.70. The molecule has 1 aliphatic rings. The Morgan fingerprint density at radius 3 is 2.47 bits per heavy atom. The average molecular weight is 434 g/mol. The van der Waals surface area contributed by atoms with E-state index < -0.39 is 0 Å². The maximum absolute atomic E-state index is 12.5. The highest BCUT2D eigenvalue weighted by Gasteiger charge is 2.27. The molecule has 4 rings (SSSR count). The third-order valence-corrected chi connectivity index (χ3v) is 5.64. The number of aromatic nitrogens is 2. The number of aryl methyl sites for hydroxylation is 1. The quantitative estimate of drug-likeness (QED) is 0.622. The Hall–Kier alpha value is -3.68. The molecular weight excluding hydrogens is 406 g/mol. The molecule has 0 atom stereocenters. The van der Waals surface area contributed by atoms with E-state index in [1.54, 1.807) is 4.90 Å². The lowest BCUT2D eigenvalue weighted by Gasteiger charge is -2.30. The molecule has 2 heterocycles. The van der Waals surface area contributed by atoms with Gasteiger partial charge in [-0.2, -0.15) is 4.98 Å². The summed E-state index contributed by atoms with van der Waals surface area (Å²) in [7, 11) is 0. The molecular formula is C24H27N5O3. The van der Waals surface area contributed by atoms with E-state index in [0.717, 1.165) is 24.0 Å². The van der Waals surface area contributed by atoms with Gasteiger partial charge >= 0.3 is 6.03 Å². The summed E-state index contributed by atoms with van der Waals surface area (Å²) in [4.78, 5) is 30.8. The average Bonchev–Trinajstić information content (AvgIpc) is 3.33. The van der Waals surface area contributed by atoms with Crippen LogP contribution in [0.3, 0.4) is 0 Å². The molecule has 1 aromatic heterocycles. The summed E-state index contributed by atoms with van der Waals surface area (Å²) in [6.45, 7) is 3.60. The molecule has 1 aliphatic heterocycles. The minimum Gasteiger partial charge on any atom is -0.341 e. The molecule has 0 saturated carbocycles. The molecule has 8 nitrogen and oxygen atoms in total. The number of hydrogen-bond donors (Lipinski definition) is 2. The fourth-order valence-corrected chi connectivity index (χ4v) is 3.70. The minimum absolute atomic E-state index is 0.0247. The van der Waals surface area contributed by atoms with Crippen LogP contribution < -0.4 is 10.6 Å². The number of nitrogens with zero attached hydrogens (tertiary/aromatic N) is 3. The van der Waals surface area contributed by atoms with Crippen LogP contribution in [0.25, 0.3) is 11.4 Å². The maximum atomic E-state index is 12.5. The third-order valence-electron chi connectivity index (χ3n) is 5.64. The van der Waals surface area contributed by atoms with Crippen molar-refractivity contribution in [2.24, 2.45) is 0 Å². The zero-order chi connectivity index (χ0) is 22.3. The summed E-state index contributed by atoms with van der Waals surface area (Å²) in [6.07, 6.45) is 1.50. The van der Waals surface area contributed by atoms with Crippen LogP contribution in [0.1, 0.15) is 35.8 Å². The van der Waals surface area contributed by atoms with Gasteiger partial charge in [0.1, 0.15) is 0 Å². The Morgan fingerprint density at radius 1 is 1.03 bits per heavy atom. The third kappa shape index (κ3) is 5.51. The van der Waals surface area contributed by atoms with Crippen LogP contribution in [0.4, 0.5) is 4.79 Å². The Morgan fingerprint density at radius 2 is 1.75 bits per heavy atom. The van der Waals surface area contributed by atoms with Crippen LogP contribution in [0.2, 0.25) is 0 Å². The molecule has 0 aliphatic carbocycles. The van der Waals surface area contributed by atoms with E-state index in [0.29, 0.717) is 31.3 Å². The molecule has 2 N–H and O–H groups in total. The predicted octanol–water partition coefficient (Wildman–Crippen LogP) is 3.25. The van der Waals surface area contributed by atoms with E-state index >= 15 is 0 Å². The van der Waals surface area contributed by atoms with Crippen LogP contribution in [-0.2, 0) is 11.3 Å². The van der Waals surface area contributed by atoms with Crippen molar-refractivity contribution in [3.63, 3.8) is 0 Å². The largest absolute Gasteiger partial charge is 0.341 e. The monoisotopic (exact) mass is 433 g/mol. The molecule has 0 bridgehead atoms. The van der Waals surface area contributed by atoms with Crippen molar-refractivity contribution < 1.29 is 14.1 Å². The second kappa shape index (κ2) is 10.1. The number of carbonyl (C=O) groups is 2. The molecule has 8 heteroatoms. The Kier molecular flexibility index (Phi) is 6.79. The number of benzene rings is 2. The van der Waals surface area contributed by atoms with Crippen molar-refractivity contribution in [3.05, 3.63) is 71.6 Å². The second-order valence-corrected chi connectivity index (χ2v) is 8.00. The highest BCUT2D eigenvalue weighted by molar-refractivity contribution is 5.84. The summed E-state index contributed by atoms with van der Waals surface area (Å²) in [5.74, 6) is 1.24. The smallest absolute Gasteiger partial charge is 0.315 e. The highest BCUT2D eigenvalue weighted by Crippen LogP contribution is 2.28. The summed E-state index contributed by atoms with van der Waals surface area (Å²) >= 11 is 0. The zero-order valence-electron chi connectivity index (χ0n) is 18.1. The SMILES string of the molecule is Cc1ccc(CNC(=O)NCC(=O)N2CCC(c3nc(-c4ccccc4)no3)CC2)cc1. The van der Waals surface area contributed by atoms with E-state index in [1.165, 1.54) is 5.56 Å². The number of piperidine rings is 1. The first-order chi connectivity index (χ1) is 15.6. The van der Waals surface area contributed by atoms with E-state index in [4.69, 9.17) is 4.52 Å². The van der Waals surface area contributed by atoms with Crippen molar-refractivity contribution in [1.29, 1.82) is 0 Å². The van der Waals surface area contributed by atoms with E-state index in [-0.39, 0.29) is 24.4 Å². The number of hydrogen-bond acceptors (Lipinski definition) is 5. The van der Waals surface area contributed by atoms with Crippen molar-refractivity contribution in [2.75, 3.05) is 19.6 Å². The molecule has 32 heavy (non-hydrogen) atoms. The topological polar surface area (TPSA) is 100 Å². The number of urea groups is 1. The zero-order valence-corrected chi connectivity index (χ0v) is 18.1. The molecule has 166 valence electrons. The van der Waals surface area contributed by atoms with Gasteiger partial charge in [0.2, 0.25) is 17.6 Å². The molecule has 0 spiro atoms. The molecule has 3 amide bonds. The van der Waals surface area contributed by atoms with Gasteiger partial charge < -0.3 is 20.1 Å². The fraction of sp³-hybridized carbons (Fsp3) is 0.333. The van der Waals surface area contributed by atoms with Crippen molar-refractivity contribution >= 4 is 11.9 Å². The summed E-state index contributed by atoms with van der Waals surface area (Å²) < 4.78 is 5.47. The number of carbonyl (C=O) groups excluding carboxylic acids is 2. The van der Waals surface area contributed by atoms with E-state index in [1.807, 2.05) is 61.5 Å². The van der Waals surface area contributed by atoms with Crippen LogP contribution in [0.5, 0.6) is 0 Å². The first-order valence-corrected chi connectivity index (χ1v) is 10.8. The van der Waals surface area contributed by atoms with Gasteiger partial charge in [-0.1, -0.05) is 65.3 Å². The summed E-state index contributed by atoms with van der Waals surface area (Å²) in [5.41, 5.74) is 3.10. The lowest BCUT2D eigenvalue weighted by molar-refractivity contribution is -0.131. The van der Waals surface area contributed by atoms with Crippen LogP contribution >= 0.6 is 0 Å². The molecule has 2 aromatic carbocycles. The number of likely N-dealkylation sites (tertiary alicyclic amines) is 1. The van der Waals surface area contributed by atoms with Gasteiger partial charge in [0.05, 0.1) is 6.54 Å². The van der Waals surface area contributed by atoms with Crippen molar-refractivity contribution in [2.45, 2.75) is 32.2 Å². The lowest BCUT2D eigenvalue weighted by Crippen LogP contribution is -2.45. The molecule has 0 radical (unpaired) electrons. The van der Waals surface area contributed by atoms with Crippen molar-refractivity contribution in [3.8, 4) is 11.4 Å². The second-order valence-electron chi connectivity index (χ2n) is 8.00. The van der Waals surface area contributed by atoms with Gasteiger partial charge in [0.15, 0.2) is 0 Å². The minimum atomic E-state index is -0.354. The molecule has 0 unspecified atom stereocenters. The summed E-state index contributed by atoms with van der Waals surface area (Å²) in [6, 6.07) is 17.3. The number of rotatable bonds is 6. The van der Waals surface area contributed by atoms with Gasteiger partial charge in [-0.05, 0) is 25.3 Å². The van der Waals surface area contributed by atoms with Crippen molar-refractivity contribution in [1.82, 2.24) is 25.7 Å². The van der Waals surface area contributed by atoms with Gasteiger partial charge in [0.25, 0.3) is 0 Å². The Labute approximate surface area is 187 Å². The Balaban J connectivity index is 1.19. The van der Waals surface area contributed by atoms with Crippen LogP contribution in [-0.4, -0.2) is 46.6 Å². The van der Waals surface area contributed by atoms with Gasteiger partial charge in [-0.3, -0.25) is 4.79 Å². The number of nitrogens with one attached hydrogen (secondary N) is 2. The van der Waals surface area contributed by atoms with Gasteiger partial charge in [-0.25, -0.2) is 4.79 Å². The molecule has 1 fully saturated rings. The molecule has 1 saturated heterocycles. The predicted molar refractivity (Wildman–Crippen MR) is 120 cm³/mol. The Bertz CT molecular complexity index is 1040. The standard InChI is InChI=1S/C24H27N5O3/c1-17-7-9-18(10-8-17)15-25-24(31)26-16-21(30)29-13-11-20(12-14-29)23-27-22(28-32-23)19-5-3-2-4-6-19/h2-10,20H,11-16H2,1H3,(H2,25,26,31). The van der Waals surface area contributed by atoms with Crippen LogP contribution in [0.15, 0.2) is 59.1 Å².